The van der Waals surface area contributed by atoms with Gasteiger partial charge in [-0.05, 0) is 30.5 Å². The molecule has 1 fully saturated rings. The molecule has 21 heavy (non-hydrogen) atoms. The van der Waals surface area contributed by atoms with Crippen LogP contribution < -0.4 is 0 Å². The van der Waals surface area contributed by atoms with Crippen LogP contribution in [0, 0.1) is 5.92 Å². The van der Waals surface area contributed by atoms with E-state index in [0.717, 1.165) is 5.56 Å². The van der Waals surface area contributed by atoms with E-state index in [0.29, 0.717) is 26.0 Å². The molecule has 116 valence electrons. The molecule has 1 aliphatic rings. The third kappa shape index (κ3) is 3.61. The van der Waals surface area contributed by atoms with Crippen LogP contribution in [0.25, 0.3) is 0 Å². The number of benzene rings is 1. The number of piperidine rings is 1. The lowest BCUT2D eigenvalue weighted by Gasteiger charge is -2.29. The van der Waals surface area contributed by atoms with Gasteiger partial charge in [0.1, 0.15) is 0 Å². The summed E-state index contributed by atoms with van der Waals surface area (Å²) in [7, 11) is -2.11. The Morgan fingerprint density at radius 3 is 2.90 bits per heavy atom. The third-order valence-corrected chi connectivity index (χ3v) is 5.44. The Morgan fingerprint density at radius 1 is 1.48 bits per heavy atom. The zero-order valence-corrected chi connectivity index (χ0v) is 12.7. The molecule has 1 aromatic rings. The predicted molar refractivity (Wildman–Crippen MR) is 76.3 cm³/mol. The largest absolute Gasteiger partial charge is 0.481 e. The average Bonchev–Trinajstić information content (AvgIpc) is 2.48. The zero-order valence-electron chi connectivity index (χ0n) is 11.9. The number of hydrogen-bond acceptors (Lipinski definition) is 4. The first kappa shape index (κ1) is 15.9. The molecule has 7 heteroatoms. The average molecular weight is 313 g/mol. The molecule has 0 saturated carbocycles. The van der Waals surface area contributed by atoms with Gasteiger partial charge in [0.05, 0.1) is 17.4 Å². The number of sulfonamides is 1. The van der Waals surface area contributed by atoms with Crippen LogP contribution >= 0.6 is 0 Å². The summed E-state index contributed by atoms with van der Waals surface area (Å²) < 4.78 is 31.5. The number of ether oxygens (including phenoxy) is 1. The van der Waals surface area contributed by atoms with Crippen LogP contribution in [-0.4, -0.2) is 44.0 Å². The number of nitrogens with zero attached hydrogens (tertiary/aromatic N) is 1. The van der Waals surface area contributed by atoms with Crippen molar-refractivity contribution in [3.8, 4) is 0 Å². The van der Waals surface area contributed by atoms with Gasteiger partial charge in [-0.1, -0.05) is 12.1 Å². The van der Waals surface area contributed by atoms with E-state index in [1.54, 1.807) is 25.3 Å². The highest BCUT2D eigenvalue weighted by molar-refractivity contribution is 7.89. The van der Waals surface area contributed by atoms with Crippen LogP contribution in [0.1, 0.15) is 18.4 Å². The number of methoxy groups -OCH3 is 1. The van der Waals surface area contributed by atoms with Gasteiger partial charge in [0.25, 0.3) is 0 Å². The van der Waals surface area contributed by atoms with E-state index in [1.807, 2.05) is 0 Å². The summed E-state index contributed by atoms with van der Waals surface area (Å²) >= 11 is 0. The summed E-state index contributed by atoms with van der Waals surface area (Å²) in [5, 5.41) is 9.07. The summed E-state index contributed by atoms with van der Waals surface area (Å²) in [4.78, 5) is 11.2. The second-order valence-corrected chi connectivity index (χ2v) is 7.06. The first-order valence-electron chi connectivity index (χ1n) is 6.76. The van der Waals surface area contributed by atoms with Crippen LogP contribution in [0.4, 0.5) is 0 Å². The van der Waals surface area contributed by atoms with Crippen molar-refractivity contribution in [2.75, 3.05) is 20.2 Å². The summed E-state index contributed by atoms with van der Waals surface area (Å²) in [5.74, 6) is -1.57. The maximum Gasteiger partial charge on any atom is 0.307 e. The van der Waals surface area contributed by atoms with Gasteiger partial charge in [-0.2, -0.15) is 4.31 Å². The van der Waals surface area contributed by atoms with Crippen molar-refractivity contribution in [2.45, 2.75) is 24.3 Å². The van der Waals surface area contributed by atoms with Gasteiger partial charge in [-0.15, -0.1) is 0 Å². The molecule has 0 aromatic heterocycles. The van der Waals surface area contributed by atoms with E-state index in [9.17, 15) is 13.2 Å². The van der Waals surface area contributed by atoms with Crippen molar-refractivity contribution in [3.05, 3.63) is 29.8 Å². The summed E-state index contributed by atoms with van der Waals surface area (Å²) in [6.07, 6.45) is 1.08. The molecule has 0 radical (unpaired) electrons. The van der Waals surface area contributed by atoms with E-state index in [1.165, 1.54) is 10.4 Å². The first-order valence-corrected chi connectivity index (χ1v) is 8.20. The van der Waals surface area contributed by atoms with Gasteiger partial charge in [-0.25, -0.2) is 8.42 Å². The van der Waals surface area contributed by atoms with Crippen molar-refractivity contribution in [3.63, 3.8) is 0 Å². The molecule has 0 bridgehead atoms. The molecule has 6 nitrogen and oxygen atoms in total. The van der Waals surface area contributed by atoms with Crippen LogP contribution in [0.5, 0.6) is 0 Å². The molecule has 0 aliphatic carbocycles. The molecule has 2 rings (SSSR count). The van der Waals surface area contributed by atoms with Gasteiger partial charge >= 0.3 is 5.97 Å². The molecule has 1 atom stereocenters. The topological polar surface area (TPSA) is 83.9 Å². The van der Waals surface area contributed by atoms with E-state index in [-0.39, 0.29) is 11.4 Å². The standard InChI is InChI=1S/C14H19NO5S/c1-20-10-11-4-2-6-13(8-11)21(18,19)15-7-3-5-12(9-15)14(16)17/h2,4,6,8,12H,3,5,7,9-10H2,1H3,(H,16,17)/t12-/m1/s1. The van der Waals surface area contributed by atoms with Crippen LogP contribution in [-0.2, 0) is 26.2 Å². The fourth-order valence-corrected chi connectivity index (χ4v) is 4.07. The first-order chi connectivity index (χ1) is 9.95. The highest BCUT2D eigenvalue weighted by atomic mass is 32.2. The monoisotopic (exact) mass is 313 g/mol. The van der Waals surface area contributed by atoms with E-state index in [2.05, 4.69) is 0 Å². The molecular weight excluding hydrogens is 294 g/mol. The summed E-state index contributed by atoms with van der Waals surface area (Å²) in [6, 6.07) is 6.56. The Morgan fingerprint density at radius 2 is 2.24 bits per heavy atom. The molecule has 1 saturated heterocycles. The van der Waals surface area contributed by atoms with Gasteiger partial charge in [0.2, 0.25) is 10.0 Å². The van der Waals surface area contributed by atoms with Crippen LogP contribution in [0.15, 0.2) is 29.2 Å². The maximum absolute atomic E-state index is 12.6. The van der Waals surface area contributed by atoms with Crippen molar-refractivity contribution in [2.24, 2.45) is 5.92 Å². The minimum absolute atomic E-state index is 0.0339. The number of carbonyl (C=O) groups is 1. The van der Waals surface area contributed by atoms with Crippen molar-refractivity contribution >= 4 is 16.0 Å². The molecule has 0 unspecified atom stereocenters. The van der Waals surface area contributed by atoms with E-state index < -0.39 is 21.9 Å². The van der Waals surface area contributed by atoms with Crippen molar-refractivity contribution < 1.29 is 23.1 Å². The number of carboxylic acids is 1. The molecule has 1 heterocycles. The van der Waals surface area contributed by atoms with E-state index in [4.69, 9.17) is 9.84 Å². The minimum atomic E-state index is -3.65. The fourth-order valence-electron chi connectivity index (χ4n) is 2.47. The quantitative estimate of drug-likeness (QED) is 0.886. The van der Waals surface area contributed by atoms with Gasteiger partial charge in [0.15, 0.2) is 0 Å². The van der Waals surface area contributed by atoms with Gasteiger partial charge < -0.3 is 9.84 Å². The Bertz CT molecular complexity index is 614. The van der Waals surface area contributed by atoms with Crippen LogP contribution in [0.3, 0.4) is 0 Å². The third-order valence-electron chi connectivity index (χ3n) is 3.58. The number of rotatable bonds is 5. The second kappa shape index (κ2) is 6.55. The van der Waals surface area contributed by atoms with Crippen LogP contribution in [0.2, 0.25) is 0 Å². The molecular formula is C14H19NO5S. The molecule has 0 spiro atoms. The number of carboxylic acid groups (broad SMARTS) is 1. The van der Waals surface area contributed by atoms with Crippen molar-refractivity contribution in [1.29, 1.82) is 0 Å². The second-order valence-electron chi connectivity index (χ2n) is 5.12. The lowest BCUT2D eigenvalue weighted by molar-refractivity contribution is -0.142. The zero-order chi connectivity index (χ0) is 15.5. The lowest BCUT2D eigenvalue weighted by Crippen LogP contribution is -2.42. The van der Waals surface area contributed by atoms with Crippen molar-refractivity contribution in [1.82, 2.24) is 4.31 Å². The van der Waals surface area contributed by atoms with E-state index >= 15 is 0 Å². The Hall–Kier alpha value is -1.44. The minimum Gasteiger partial charge on any atom is -0.481 e. The number of hydrogen-bond donors (Lipinski definition) is 1. The predicted octanol–water partition coefficient (Wildman–Crippen LogP) is 1.32. The highest BCUT2D eigenvalue weighted by Gasteiger charge is 2.33. The molecule has 1 N–H and O–H groups in total. The molecule has 1 aromatic carbocycles. The highest BCUT2D eigenvalue weighted by Crippen LogP contribution is 2.24. The number of aliphatic carboxylic acids is 1. The Labute approximate surface area is 124 Å². The smallest absolute Gasteiger partial charge is 0.307 e. The molecule has 1 aliphatic heterocycles. The molecule has 0 amide bonds. The Kier molecular flexibility index (Phi) is 4.97. The SMILES string of the molecule is COCc1cccc(S(=O)(=O)N2CCC[C@@H](C(=O)O)C2)c1. The Balaban J connectivity index is 2.24. The lowest BCUT2D eigenvalue weighted by atomic mass is 10.0. The van der Waals surface area contributed by atoms with Gasteiger partial charge in [0, 0.05) is 20.2 Å². The normalized spacial score (nSPS) is 20.3. The maximum atomic E-state index is 12.6. The fraction of sp³-hybridized carbons (Fsp3) is 0.500. The summed E-state index contributed by atoms with van der Waals surface area (Å²) in [6.45, 7) is 0.730. The summed E-state index contributed by atoms with van der Waals surface area (Å²) in [5.41, 5.74) is 0.769. The van der Waals surface area contributed by atoms with Gasteiger partial charge in [-0.3, -0.25) is 4.79 Å².